The molecule has 1 amide bonds. The molecule has 0 aliphatic carbocycles. The van der Waals surface area contributed by atoms with Crippen LogP contribution < -0.4 is 5.32 Å². The minimum atomic E-state index is -3.67. The van der Waals surface area contributed by atoms with Gasteiger partial charge in [-0.05, 0) is 25.3 Å². The molecular formula is C18H25NO7S2. The van der Waals surface area contributed by atoms with Crippen LogP contribution in [0, 0.1) is 12.8 Å². The quantitative estimate of drug-likeness (QED) is 0.447. The van der Waals surface area contributed by atoms with E-state index in [0.717, 1.165) is 11.3 Å². The third-order valence-corrected chi connectivity index (χ3v) is 5.97. The van der Waals surface area contributed by atoms with Gasteiger partial charge in [0.2, 0.25) is 5.91 Å². The van der Waals surface area contributed by atoms with Crippen LogP contribution in [0.5, 0.6) is 0 Å². The van der Waals surface area contributed by atoms with E-state index in [4.69, 9.17) is 9.47 Å². The van der Waals surface area contributed by atoms with E-state index < -0.39 is 33.4 Å². The van der Waals surface area contributed by atoms with E-state index in [2.05, 4.69) is 11.9 Å². The number of esters is 2. The molecule has 1 aromatic heterocycles. The van der Waals surface area contributed by atoms with Crippen molar-refractivity contribution in [1.29, 1.82) is 0 Å². The first kappa shape index (κ1) is 23.8. The Morgan fingerprint density at radius 2 is 1.86 bits per heavy atom. The summed E-state index contributed by atoms with van der Waals surface area (Å²) in [6.45, 7) is 10.6. The number of sulfone groups is 1. The molecule has 0 aliphatic rings. The first-order valence-electron chi connectivity index (χ1n) is 8.61. The van der Waals surface area contributed by atoms with Crippen LogP contribution in [0.15, 0.2) is 12.7 Å². The van der Waals surface area contributed by atoms with Crippen molar-refractivity contribution < 1.29 is 32.3 Å². The van der Waals surface area contributed by atoms with E-state index in [9.17, 15) is 22.8 Å². The first-order valence-corrected chi connectivity index (χ1v) is 11.2. The van der Waals surface area contributed by atoms with Gasteiger partial charge in [0.1, 0.15) is 15.6 Å². The van der Waals surface area contributed by atoms with Crippen LogP contribution in [-0.2, 0) is 24.1 Å². The van der Waals surface area contributed by atoms with Crippen molar-refractivity contribution >= 4 is 44.0 Å². The number of anilines is 1. The van der Waals surface area contributed by atoms with Crippen LogP contribution in [0.3, 0.4) is 0 Å². The average molecular weight is 432 g/mol. The van der Waals surface area contributed by atoms with Crippen LogP contribution in [0.4, 0.5) is 5.00 Å². The second-order valence-electron chi connectivity index (χ2n) is 6.36. The molecule has 0 bridgehead atoms. The van der Waals surface area contributed by atoms with Crippen molar-refractivity contribution in [2.45, 2.75) is 27.7 Å². The lowest BCUT2D eigenvalue weighted by atomic mass is 10.1. The minimum Gasteiger partial charge on any atom is -0.462 e. The minimum absolute atomic E-state index is 0.0119. The summed E-state index contributed by atoms with van der Waals surface area (Å²) in [5.41, 5.74) is 0.319. The van der Waals surface area contributed by atoms with Crippen molar-refractivity contribution in [3.05, 3.63) is 28.7 Å². The third kappa shape index (κ3) is 6.75. The van der Waals surface area contributed by atoms with Gasteiger partial charge in [0.05, 0.1) is 24.5 Å². The van der Waals surface area contributed by atoms with Crippen LogP contribution in [-0.4, -0.2) is 51.0 Å². The molecule has 0 atom stereocenters. The molecule has 10 heteroatoms. The Labute approximate surface area is 168 Å². The summed E-state index contributed by atoms with van der Waals surface area (Å²) in [5, 5.41) is 2.45. The average Bonchev–Trinajstić information content (AvgIpc) is 2.88. The second kappa shape index (κ2) is 10.4. The van der Waals surface area contributed by atoms with E-state index in [1.54, 1.807) is 13.8 Å². The normalized spacial score (nSPS) is 11.2. The zero-order valence-corrected chi connectivity index (χ0v) is 18.0. The maximum atomic E-state index is 12.3. The van der Waals surface area contributed by atoms with Crippen molar-refractivity contribution in [2.24, 2.45) is 5.92 Å². The number of carbonyl (C=O) groups is 3. The summed E-state index contributed by atoms with van der Waals surface area (Å²) < 4.78 is 33.8. The molecule has 1 N–H and O–H groups in total. The SMILES string of the molecule is C=CCS(=O)(=O)CC(=O)Nc1sc(C(=O)OCC(C)C)c(C)c1C(=O)OCC. The Bertz CT molecular complexity index is 854. The van der Waals surface area contributed by atoms with Crippen molar-refractivity contribution in [3.63, 3.8) is 0 Å². The molecule has 0 aliphatic heterocycles. The Morgan fingerprint density at radius 3 is 2.39 bits per heavy atom. The van der Waals surface area contributed by atoms with E-state index in [1.165, 1.54) is 6.08 Å². The number of amides is 1. The smallest absolute Gasteiger partial charge is 0.348 e. The van der Waals surface area contributed by atoms with Crippen LogP contribution in [0.1, 0.15) is 46.4 Å². The highest BCUT2D eigenvalue weighted by atomic mass is 32.2. The van der Waals surface area contributed by atoms with Gasteiger partial charge in [0.25, 0.3) is 0 Å². The van der Waals surface area contributed by atoms with Gasteiger partial charge in [0, 0.05) is 0 Å². The molecule has 0 saturated carbocycles. The molecule has 28 heavy (non-hydrogen) atoms. The van der Waals surface area contributed by atoms with Crippen LogP contribution in [0.2, 0.25) is 0 Å². The Hall–Kier alpha value is -2.20. The third-order valence-electron chi connectivity index (χ3n) is 3.34. The molecule has 0 radical (unpaired) electrons. The molecule has 1 rings (SSSR count). The molecule has 1 aromatic rings. The summed E-state index contributed by atoms with van der Waals surface area (Å²) in [5.74, 6) is -3.16. The van der Waals surface area contributed by atoms with E-state index >= 15 is 0 Å². The predicted molar refractivity (Wildman–Crippen MR) is 108 cm³/mol. The number of hydrogen-bond acceptors (Lipinski definition) is 8. The standard InChI is InChI=1S/C18H25NO7S2/c1-6-8-28(23,24)10-13(20)19-16-14(17(21)25-7-2)12(5)15(27-16)18(22)26-9-11(3)4/h6,11H,1,7-10H2,2-5H3,(H,19,20). The number of nitrogens with one attached hydrogen (secondary N) is 1. The lowest BCUT2D eigenvalue weighted by molar-refractivity contribution is -0.113. The highest BCUT2D eigenvalue weighted by molar-refractivity contribution is 7.92. The number of ether oxygens (including phenoxy) is 2. The lowest BCUT2D eigenvalue weighted by Crippen LogP contribution is -2.24. The zero-order chi connectivity index (χ0) is 21.5. The molecule has 0 fully saturated rings. The first-order chi connectivity index (χ1) is 13.0. The fraction of sp³-hybridized carbons (Fsp3) is 0.500. The highest BCUT2D eigenvalue weighted by Gasteiger charge is 2.28. The summed E-state index contributed by atoms with van der Waals surface area (Å²) in [6, 6.07) is 0. The molecule has 0 aromatic carbocycles. The maximum absolute atomic E-state index is 12.3. The number of carbonyl (C=O) groups excluding carboxylic acids is 3. The second-order valence-corrected chi connectivity index (χ2v) is 9.49. The van der Waals surface area contributed by atoms with E-state index in [0.29, 0.717) is 5.56 Å². The number of thiophene rings is 1. The highest BCUT2D eigenvalue weighted by Crippen LogP contribution is 2.34. The van der Waals surface area contributed by atoms with Crippen molar-refractivity contribution in [3.8, 4) is 0 Å². The summed E-state index contributed by atoms with van der Waals surface area (Å²) >= 11 is 0.845. The van der Waals surface area contributed by atoms with E-state index in [-0.39, 0.29) is 40.3 Å². The van der Waals surface area contributed by atoms with Crippen molar-refractivity contribution in [2.75, 3.05) is 30.0 Å². The summed E-state index contributed by atoms with van der Waals surface area (Å²) in [7, 11) is -3.67. The monoisotopic (exact) mass is 431 g/mol. The van der Waals surface area contributed by atoms with Gasteiger partial charge < -0.3 is 14.8 Å². The van der Waals surface area contributed by atoms with Gasteiger partial charge in [-0.3, -0.25) is 4.79 Å². The molecule has 8 nitrogen and oxygen atoms in total. The zero-order valence-electron chi connectivity index (χ0n) is 16.4. The topological polar surface area (TPSA) is 116 Å². The Balaban J connectivity index is 3.19. The largest absolute Gasteiger partial charge is 0.462 e. The molecule has 0 saturated heterocycles. The molecule has 1 heterocycles. The van der Waals surface area contributed by atoms with Crippen molar-refractivity contribution in [1.82, 2.24) is 0 Å². The maximum Gasteiger partial charge on any atom is 0.348 e. The number of hydrogen-bond donors (Lipinski definition) is 1. The molecule has 0 unspecified atom stereocenters. The lowest BCUT2D eigenvalue weighted by Gasteiger charge is -2.07. The Morgan fingerprint density at radius 1 is 1.21 bits per heavy atom. The van der Waals surface area contributed by atoms with Crippen LogP contribution in [0.25, 0.3) is 0 Å². The fourth-order valence-corrected chi connectivity index (χ4v) is 4.21. The molecule has 0 spiro atoms. The number of rotatable bonds is 10. The van der Waals surface area contributed by atoms with Gasteiger partial charge in [-0.25, -0.2) is 18.0 Å². The van der Waals surface area contributed by atoms with Gasteiger partial charge in [-0.1, -0.05) is 19.9 Å². The van der Waals surface area contributed by atoms with Gasteiger partial charge in [-0.2, -0.15) is 0 Å². The molecule has 156 valence electrons. The van der Waals surface area contributed by atoms with Crippen LogP contribution >= 0.6 is 11.3 Å². The van der Waals surface area contributed by atoms with Gasteiger partial charge in [0.15, 0.2) is 9.84 Å². The molecular weight excluding hydrogens is 406 g/mol. The summed E-state index contributed by atoms with van der Waals surface area (Å²) in [6.07, 6.45) is 1.19. The fourth-order valence-electron chi connectivity index (χ4n) is 2.15. The van der Waals surface area contributed by atoms with Gasteiger partial charge >= 0.3 is 11.9 Å². The van der Waals surface area contributed by atoms with E-state index in [1.807, 2.05) is 13.8 Å². The summed E-state index contributed by atoms with van der Waals surface area (Å²) in [4.78, 5) is 36.9. The van der Waals surface area contributed by atoms with Gasteiger partial charge in [-0.15, -0.1) is 17.9 Å². The predicted octanol–water partition coefficient (Wildman–Crippen LogP) is 2.59. The Kier molecular flexibility index (Phi) is 8.83.